The van der Waals surface area contributed by atoms with Crippen LogP contribution in [0.5, 0.6) is 0 Å². The largest absolute Gasteiger partial charge is 0.322 e. The van der Waals surface area contributed by atoms with Crippen LogP contribution in [-0.4, -0.2) is 21.6 Å². The number of benzene rings is 2. The number of aromatic amines is 1. The van der Waals surface area contributed by atoms with Gasteiger partial charge in [-0.15, -0.1) is 0 Å². The number of carbonyl (C=O) groups excluding carboxylic acids is 1. The van der Waals surface area contributed by atoms with Gasteiger partial charge in [-0.25, -0.2) is 8.78 Å². The maximum absolute atomic E-state index is 14.2. The van der Waals surface area contributed by atoms with Gasteiger partial charge in [0.1, 0.15) is 11.6 Å². The lowest BCUT2D eigenvalue weighted by atomic mass is 10.1. The number of hydrogen-bond donors (Lipinski definition) is 3. The minimum atomic E-state index is -0.886. The van der Waals surface area contributed by atoms with Crippen molar-refractivity contribution in [2.24, 2.45) is 5.73 Å². The van der Waals surface area contributed by atoms with Crippen molar-refractivity contribution < 1.29 is 13.6 Å². The lowest BCUT2D eigenvalue weighted by Crippen LogP contribution is -2.38. The van der Waals surface area contributed by atoms with Crippen molar-refractivity contribution in [3.8, 4) is 0 Å². The minimum Gasteiger partial charge on any atom is -0.322 e. The molecule has 3 aromatic rings. The van der Waals surface area contributed by atoms with Crippen LogP contribution < -0.4 is 11.1 Å². The molecule has 0 atom stereocenters. The predicted octanol–water partition coefficient (Wildman–Crippen LogP) is 3.44. The van der Waals surface area contributed by atoms with Crippen LogP contribution in [0.4, 0.5) is 14.5 Å². The monoisotopic (exact) mass is 354 g/mol. The number of halogens is 2. The van der Waals surface area contributed by atoms with E-state index in [4.69, 9.17) is 5.73 Å². The third-order valence-corrected chi connectivity index (χ3v) is 4.47. The van der Waals surface area contributed by atoms with E-state index >= 15 is 0 Å². The Morgan fingerprint density at radius 2 is 1.92 bits per heavy atom. The van der Waals surface area contributed by atoms with E-state index in [0.717, 1.165) is 5.56 Å². The highest BCUT2D eigenvalue weighted by Crippen LogP contribution is 2.34. The first-order chi connectivity index (χ1) is 12.4. The summed E-state index contributed by atoms with van der Waals surface area (Å²) in [5.74, 6) is -1.26. The molecule has 0 spiro atoms. The number of amides is 1. The highest BCUT2D eigenvalue weighted by Gasteiger charge is 2.46. The molecule has 0 saturated heterocycles. The molecule has 26 heavy (non-hydrogen) atoms. The quantitative estimate of drug-likeness (QED) is 0.671. The summed E-state index contributed by atoms with van der Waals surface area (Å²) in [5.41, 5.74) is 6.91. The first-order valence-corrected chi connectivity index (χ1v) is 8.16. The smallest absolute Gasteiger partial charge is 0.244 e. The molecule has 1 amide bonds. The first kappa shape index (κ1) is 16.4. The topological polar surface area (TPSA) is 83.8 Å². The SMILES string of the molecule is NC1(C(=O)Nc2cc3c(/C=C/c4ccc(F)cc4)n[nH]c3cc2F)CC1. The van der Waals surface area contributed by atoms with Crippen molar-refractivity contribution in [1.29, 1.82) is 0 Å². The van der Waals surface area contributed by atoms with Gasteiger partial charge >= 0.3 is 0 Å². The Balaban J connectivity index is 1.64. The average molecular weight is 354 g/mol. The van der Waals surface area contributed by atoms with Crippen LogP contribution >= 0.6 is 0 Å². The second-order valence-electron chi connectivity index (χ2n) is 6.48. The number of nitrogens with two attached hydrogens (primary N) is 1. The molecule has 1 aliphatic carbocycles. The maximum Gasteiger partial charge on any atom is 0.244 e. The van der Waals surface area contributed by atoms with E-state index in [1.807, 2.05) is 0 Å². The van der Waals surface area contributed by atoms with E-state index in [-0.39, 0.29) is 17.4 Å². The standard InChI is InChI=1S/C19H16F2N4O/c20-12-4-1-11(2-5-12)3-6-15-13-9-17(14(21)10-16(13)25-24-15)23-18(26)19(22)7-8-19/h1-6,9-10H,7-8,22H2,(H,23,26)(H,24,25)/b6-3+. The highest BCUT2D eigenvalue weighted by molar-refractivity contribution is 6.02. The third kappa shape index (κ3) is 3.09. The number of carbonyl (C=O) groups is 1. The molecule has 0 unspecified atom stereocenters. The molecule has 0 bridgehead atoms. The normalized spacial score (nSPS) is 15.5. The fourth-order valence-electron chi connectivity index (χ4n) is 2.64. The molecule has 4 rings (SSSR count). The fraction of sp³-hybridized carbons (Fsp3) is 0.158. The van der Waals surface area contributed by atoms with Crippen molar-refractivity contribution >= 4 is 34.6 Å². The third-order valence-electron chi connectivity index (χ3n) is 4.47. The molecule has 1 fully saturated rings. The van der Waals surface area contributed by atoms with Gasteiger partial charge in [0.15, 0.2) is 0 Å². The van der Waals surface area contributed by atoms with Crippen LogP contribution in [0.3, 0.4) is 0 Å². The van der Waals surface area contributed by atoms with E-state index in [2.05, 4.69) is 15.5 Å². The molecule has 1 aromatic heterocycles. The molecule has 0 radical (unpaired) electrons. The Labute approximate surface area is 147 Å². The molecule has 0 aliphatic heterocycles. The molecule has 1 heterocycles. The predicted molar refractivity (Wildman–Crippen MR) is 96.2 cm³/mol. The summed E-state index contributed by atoms with van der Waals surface area (Å²) in [6.45, 7) is 0. The van der Waals surface area contributed by atoms with E-state index in [1.165, 1.54) is 24.3 Å². The molecular weight excluding hydrogens is 338 g/mol. The number of fused-ring (bicyclic) bond motifs is 1. The first-order valence-electron chi connectivity index (χ1n) is 8.16. The Bertz CT molecular complexity index is 1020. The molecular formula is C19H16F2N4O. The second kappa shape index (κ2) is 6.03. The van der Waals surface area contributed by atoms with Gasteiger partial charge in [0.25, 0.3) is 0 Å². The summed E-state index contributed by atoms with van der Waals surface area (Å²) in [4.78, 5) is 12.1. The van der Waals surface area contributed by atoms with E-state index in [0.29, 0.717) is 29.4 Å². The number of anilines is 1. The van der Waals surface area contributed by atoms with Crippen LogP contribution in [0, 0.1) is 11.6 Å². The molecule has 7 heteroatoms. The van der Waals surface area contributed by atoms with Gasteiger partial charge in [-0.3, -0.25) is 9.89 Å². The van der Waals surface area contributed by atoms with Crippen molar-refractivity contribution in [2.75, 3.05) is 5.32 Å². The molecule has 4 N–H and O–H groups in total. The number of rotatable bonds is 4. The van der Waals surface area contributed by atoms with Crippen LogP contribution in [-0.2, 0) is 4.79 Å². The number of nitrogens with zero attached hydrogens (tertiary/aromatic N) is 1. The van der Waals surface area contributed by atoms with Crippen LogP contribution in [0.1, 0.15) is 24.1 Å². The van der Waals surface area contributed by atoms with Crippen molar-refractivity contribution in [2.45, 2.75) is 18.4 Å². The fourth-order valence-corrected chi connectivity index (χ4v) is 2.64. The van der Waals surface area contributed by atoms with Gasteiger partial charge in [0.05, 0.1) is 22.4 Å². The Kier molecular flexibility index (Phi) is 3.81. The summed E-state index contributed by atoms with van der Waals surface area (Å²) in [7, 11) is 0. The maximum atomic E-state index is 14.2. The second-order valence-corrected chi connectivity index (χ2v) is 6.48. The zero-order valence-corrected chi connectivity index (χ0v) is 13.7. The van der Waals surface area contributed by atoms with Crippen molar-refractivity contribution in [1.82, 2.24) is 10.2 Å². The summed E-state index contributed by atoms with van der Waals surface area (Å²) >= 11 is 0. The Morgan fingerprint density at radius 1 is 1.19 bits per heavy atom. The average Bonchev–Trinajstić information content (AvgIpc) is 3.26. The number of nitrogens with one attached hydrogen (secondary N) is 2. The number of H-pyrrole nitrogens is 1. The van der Waals surface area contributed by atoms with Gasteiger partial charge in [-0.05, 0) is 42.7 Å². The molecule has 2 aromatic carbocycles. The minimum absolute atomic E-state index is 0.0667. The molecule has 1 saturated carbocycles. The van der Waals surface area contributed by atoms with Gasteiger partial charge in [0, 0.05) is 11.5 Å². The summed E-state index contributed by atoms with van der Waals surface area (Å²) in [6.07, 6.45) is 4.71. The summed E-state index contributed by atoms with van der Waals surface area (Å²) in [6, 6.07) is 8.83. The Hall–Kier alpha value is -3.06. The summed E-state index contributed by atoms with van der Waals surface area (Å²) in [5, 5.41) is 10.1. The van der Waals surface area contributed by atoms with Crippen LogP contribution in [0.15, 0.2) is 36.4 Å². The van der Waals surface area contributed by atoms with Crippen molar-refractivity contribution in [3.63, 3.8) is 0 Å². The van der Waals surface area contributed by atoms with Gasteiger partial charge < -0.3 is 11.1 Å². The van der Waals surface area contributed by atoms with Crippen LogP contribution in [0.2, 0.25) is 0 Å². The Morgan fingerprint density at radius 3 is 2.62 bits per heavy atom. The highest BCUT2D eigenvalue weighted by atomic mass is 19.1. The van der Waals surface area contributed by atoms with Gasteiger partial charge in [0.2, 0.25) is 5.91 Å². The summed E-state index contributed by atoms with van der Waals surface area (Å²) < 4.78 is 27.2. The van der Waals surface area contributed by atoms with E-state index < -0.39 is 11.4 Å². The molecule has 5 nitrogen and oxygen atoms in total. The van der Waals surface area contributed by atoms with Gasteiger partial charge in [-0.1, -0.05) is 18.2 Å². The molecule has 1 aliphatic rings. The van der Waals surface area contributed by atoms with E-state index in [9.17, 15) is 13.6 Å². The van der Waals surface area contributed by atoms with Gasteiger partial charge in [-0.2, -0.15) is 5.10 Å². The van der Waals surface area contributed by atoms with E-state index in [1.54, 1.807) is 24.3 Å². The zero-order valence-electron chi connectivity index (χ0n) is 13.7. The number of aromatic nitrogens is 2. The van der Waals surface area contributed by atoms with Crippen LogP contribution in [0.25, 0.3) is 23.1 Å². The molecule has 132 valence electrons. The van der Waals surface area contributed by atoms with Crippen molar-refractivity contribution in [3.05, 3.63) is 59.3 Å². The number of hydrogen-bond acceptors (Lipinski definition) is 3. The lowest BCUT2D eigenvalue weighted by molar-refractivity contribution is -0.118. The zero-order chi connectivity index (χ0) is 18.3. The lowest BCUT2D eigenvalue weighted by Gasteiger charge is -2.11.